The highest BCUT2D eigenvalue weighted by atomic mass is 32.2. The second-order valence-electron chi connectivity index (χ2n) is 4.01. The van der Waals surface area contributed by atoms with Crippen LogP contribution < -0.4 is 0 Å². The van der Waals surface area contributed by atoms with Gasteiger partial charge in [-0.1, -0.05) is 0 Å². The van der Waals surface area contributed by atoms with Crippen LogP contribution in [0.1, 0.15) is 27.3 Å². The Hall–Kier alpha value is -1.93. The second kappa shape index (κ2) is 6.49. The van der Waals surface area contributed by atoms with E-state index in [9.17, 15) is 14.4 Å². The van der Waals surface area contributed by atoms with Gasteiger partial charge >= 0.3 is 5.97 Å². The van der Waals surface area contributed by atoms with Gasteiger partial charge < -0.3 is 9.84 Å². The topological polar surface area (TPSA) is 109 Å². The normalized spacial score (nSPS) is 14.1. The number of thioether (sulfide) groups is 1. The van der Waals surface area contributed by atoms with Crippen LogP contribution in [0.5, 0.6) is 0 Å². The van der Waals surface area contributed by atoms with Gasteiger partial charge in [-0.05, 0) is 6.42 Å². The average Bonchev–Trinajstić information content (AvgIpc) is 2.88. The van der Waals surface area contributed by atoms with Crippen LogP contribution in [0.2, 0.25) is 0 Å². The second-order valence-corrected chi connectivity index (χ2v) is 5.15. The predicted octanol–water partition coefficient (Wildman–Crippen LogP) is 0.897. The van der Waals surface area contributed by atoms with E-state index in [-0.39, 0.29) is 23.9 Å². The zero-order chi connectivity index (χ0) is 14.5. The van der Waals surface area contributed by atoms with Gasteiger partial charge in [-0.25, -0.2) is 4.79 Å². The molecule has 0 fully saturated rings. The Balaban J connectivity index is 1.81. The molecule has 2 rings (SSSR count). The van der Waals surface area contributed by atoms with Crippen molar-refractivity contribution in [2.45, 2.75) is 6.42 Å². The predicted molar refractivity (Wildman–Crippen MR) is 70.9 cm³/mol. The van der Waals surface area contributed by atoms with Crippen molar-refractivity contribution in [3.05, 3.63) is 28.4 Å². The number of ketones is 2. The number of fused-ring (bicyclic) bond motifs is 1. The highest BCUT2D eigenvalue weighted by molar-refractivity contribution is 8.04. The molecule has 1 aliphatic carbocycles. The third-order valence-electron chi connectivity index (χ3n) is 2.53. The summed E-state index contributed by atoms with van der Waals surface area (Å²) < 4.78 is 4.88. The molecule has 1 aromatic heterocycles. The average molecular weight is 296 g/mol. The molecule has 0 amide bonds. The lowest BCUT2D eigenvalue weighted by atomic mass is 10.0. The Bertz CT molecular complexity index is 578. The molecule has 7 nitrogen and oxygen atoms in total. The van der Waals surface area contributed by atoms with Crippen LogP contribution in [-0.4, -0.2) is 51.8 Å². The van der Waals surface area contributed by atoms with Crippen LogP contribution in [0.15, 0.2) is 17.2 Å². The lowest BCUT2D eigenvalue weighted by molar-refractivity contribution is -0.142. The fraction of sp³-hybridized carbons (Fsp3) is 0.333. The number of H-pyrrole nitrogens is 1. The molecule has 1 aromatic rings. The van der Waals surface area contributed by atoms with Crippen molar-refractivity contribution in [3.8, 4) is 0 Å². The number of nitrogens with zero attached hydrogens (tertiary/aromatic N) is 1. The zero-order valence-electron chi connectivity index (χ0n) is 10.4. The Kier molecular flexibility index (Phi) is 4.70. The van der Waals surface area contributed by atoms with Crippen molar-refractivity contribution < 1.29 is 24.2 Å². The molecule has 106 valence electrons. The number of Topliss-reactive ketones (excluding diaryl/α,β-unsaturated/α-hetero) is 1. The Morgan fingerprint density at radius 1 is 1.45 bits per heavy atom. The van der Waals surface area contributed by atoms with E-state index in [1.165, 1.54) is 24.0 Å². The summed E-state index contributed by atoms with van der Waals surface area (Å²) in [5.74, 6) is -0.926. The number of carbonyl (C=O) groups is 3. The van der Waals surface area contributed by atoms with Crippen LogP contribution in [-0.2, 0) is 9.53 Å². The largest absolute Gasteiger partial charge is 0.480 e. The first-order valence-electron chi connectivity index (χ1n) is 5.86. The number of carboxylic acids is 1. The van der Waals surface area contributed by atoms with E-state index in [0.717, 1.165) is 0 Å². The van der Waals surface area contributed by atoms with Gasteiger partial charge in [-0.3, -0.25) is 14.7 Å². The van der Waals surface area contributed by atoms with Gasteiger partial charge in [0.1, 0.15) is 12.3 Å². The van der Waals surface area contributed by atoms with E-state index in [0.29, 0.717) is 29.2 Å². The van der Waals surface area contributed by atoms with Crippen molar-refractivity contribution in [2.24, 2.45) is 0 Å². The summed E-state index contributed by atoms with van der Waals surface area (Å²) >= 11 is 1.26. The number of allylic oxidation sites excluding steroid dienone is 2. The number of carboxylic acid groups (broad SMARTS) is 1. The van der Waals surface area contributed by atoms with Crippen LogP contribution in [0.4, 0.5) is 0 Å². The molecule has 0 aliphatic heterocycles. The van der Waals surface area contributed by atoms with Gasteiger partial charge in [0.05, 0.1) is 16.7 Å². The van der Waals surface area contributed by atoms with Crippen molar-refractivity contribution in [1.82, 2.24) is 10.2 Å². The molecular formula is C12H12N2O5S. The molecule has 0 atom stereocenters. The smallest absolute Gasteiger partial charge is 0.329 e. The minimum atomic E-state index is -1.01. The third-order valence-corrected chi connectivity index (χ3v) is 3.64. The number of hydrogen-bond donors (Lipinski definition) is 2. The molecule has 20 heavy (non-hydrogen) atoms. The molecule has 0 bridgehead atoms. The van der Waals surface area contributed by atoms with E-state index in [1.807, 2.05) is 0 Å². The SMILES string of the molecule is O=C(O)COCCCSC1=CC(=O)c2[nH]ncc2C1=O. The minimum Gasteiger partial charge on any atom is -0.480 e. The molecule has 0 spiro atoms. The van der Waals surface area contributed by atoms with Crippen LogP contribution in [0, 0.1) is 0 Å². The zero-order valence-corrected chi connectivity index (χ0v) is 11.2. The Morgan fingerprint density at radius 3 is 3.00 bits per heavy atom. The fourth-order valence-electron chi connectivity index (χ4n) is 1.65. The van der Waals surface area contributed by atoms with Gasteiger partial charge in [0.15, 0.2) is 0 Å². The number of hydrogen-bond acceptors (Lipinski definition) is 6. The maximum Gasteiger partial charge on any atom is 0.329 e. The maximum absolute atomic E-state index is 12.0. The minimum absolute atomic E-state index is 0.218. The van der Waals surface area contributed by atoms with Crippen molar-refractivity contribution in [2.75, 3.05) is 19.0 Å². The van der Waals surface area contributed by atoms with Crippen molar-refractivity contribution in [1.29, 1.82) is 0 Å². The summed E-state index contributed by atoms with van der Waals surface area (Å²) in [7, 11) is 0. The first kappa shape index (κ1) is 14.5. The van der Waals surface area contributed by atoms with Crippen LogP contribution in [0.3, 0.4) is 0 Å². The monoisotopic (exact) mass is 296 g/mol. The van der Waals surface area contributed by atoms with Gasteiger partial charge in [0.2, 0.25) is 11.6 Å². The molecule has 0 saturated carbocycles. The Morgan fingerprint density at radius 2 is 2.25 bits per heavy atom. The van der Waals surface area contributed by atoms with Gasteiger partial charge in [-0.15, -0.1) is 11.8 Å². The van der Waals surface area contributed by atoms with E-state index >= 15 is 0 Å². The quantitative estimate of drug-likeness (QED) is 0.719. The first-order valence-corrected chi connectivity index (χ1v) is 6.84. The number of aromatic amines is 1. The molecule has 0 saturated heterocycles. The molecule has 1 heterocycles. The summed E-state index contributed by atoms with van der Waals surface area (Å²) in [6, 6.07) is 0. The molecular weight excluding hydrogens is 284 g/mol. The Labute approximate surface area is 118 Å². The molecule has 0 unspecified atom stereocenters. The third kappa shape index (κ3) is 3.34. The van der Waals surface area contributed by atoms with E-state index < -0.39 is 5.97 Å². The lowest BCUT2D eigenvalue weighted by Crippen LogP contribution is -2.14. The standard InChI is InChI=1S/C12H12N2O5S/c15-8-4-9(12(18)7-5-13-14-11(7)8)20-3-1-2-19-6-10(16)17/h4-5H,1-3,6H2,(H,13,14)(H,16,17). The summed E-state index contributed by atoms with van der Waals surface area (Å²) in [5.41, 5.74) is 0.520. The van der Waals surface area contributed by atoms with E-state index in [4.69, 9.17) is 9.84 Å². The van der Waals surface area contributed by atoms with E-state index in [2.05, 4.69) is 10.2 Å². The molecule has 0 aromatic carbocycles. The van der Waals surface area contributed by atoms with Crippen LogP contribution in [0.25, 0.3) is 0 Å². The number of ether oxygens (including phenoxy) is 1. The highest BCUT2D eigenvalue weighted by Crippen LogP contribution is 2.27. The maximum atomic E-state index is 12.0. The summed E-state index contributed by atoms with van der Waals surface area (Å²) in [6.45, 7) is -0.0329. The van der Waals surface area contributed by atoms with Gasteiger partial charge in [0, 0.05) is 18.4 Å². The molecule has 0 radical (unpaired) electrons. The summed E-state index contributed by atoms with van der Waals surface area (Å²) in [4.78, 5) is 34.3. The highest BCUT2D eigenvalue weighted by Gasteiger charge is 2.27. The molecule has 8 heteroatoms. The van der Waals surface area contributed by atoms with Crippen molar-refractivity contribution in [3.63, 3.8) is 0 Å². The molecule has 1 aliphatic rings. The van der Waals surface area contributed by atoms with E-state index in [1.54, 1.807) is 0 Å². The van der Waals surface area contributed by atoms with Gasteiger partial charge in [-0.2, -0.15) is 5.10 Å². The number of rotatable bonds is 7. The first-order chi connectivity index (χ1) is 9.59. The lowest BCUT2D eigenvalue weighted by Gasteiger charge is -2.10. The summed E-state index contributed by atoms with van der Waals surface area (Å²) in [5, 5.41) is 14.6. The number of aromatic nitrogens is 2. The number of carbonyl (C=O) groups excluding carboxylic acids is 2. The fourth-order valence-corrected chi connectivity index (χ4v) is 2.56. The number of nitrogens with one attached hydrogen (secondary N) is 1. The molecule has 2 N–H and O–H groups in total. The van der Waals surface area contributed by atoms with Gasteiger partial charge in [0.25, 0.3) is 0 Å². The summed E-state index contributed by atoms with van der Waals surface area (Å²) in [6.07, 6.45) is 3.24. The van der Waals surface area contributed by atoms with Crippen molar-refractivity contribution >= 4 is 29.3 Å². The van der Waals surface area contributed by atoms with Crippen LogP contribution >= 0.6 is 11.8 Å². The number of aliphatic carboxylic acids is 1.